The van der Waals surface area contributed by atoms with E-state index in [4.69, 9.17) is 5.73 Å². The predicted molar refractivity (Wildman–Crippen MR) is 75.7 cm³/mol. The predicted octanol–water partition coefficient (Wildman–Crippen LogP) is 2.34. The third-order valence-electron chi connectivity index (χ3n) is 2.92. The van der Waals surface area contributed by atoms with Gasteiger partial charge in [-0.3, -0.25) is 9.78 Å². The van der Waals surface area contributed by atoms with Crippen molar-refractivity contribution in [3.63, 3.8) is 0 Å². The number of amides is 1. The van der Waals surface area contributed by atoms with E-state index in [-0.39, 0.29) is 5.91 Å². The van der Waals surface area contributed by atoms with Gasteiger partial charge in [0.2, 0.25) is 5.91 Å². The fraction of sp³-hybridized carbons (Fsp3) is 0.200. The highest BCUT2D eigenvalue weighted by Crippen LogP contribution is 2.16. The second-order valence-corrected chi connectivity index (χ2v) is 4.46. The van der Waals surface area contributed by atoms with Gasteiger partial charge in [0.15, 0.2) is 0 Å². The molecule has 0 saturated carbocycles. The van der Waals surface area contributed by atoms with Crippen LogP contribution in [0.15, 0.2) is 42.5 Å². The van der Waals surface area contributed by atoms with Crippen molar-refractivity contribution in [1.82, 2.24) is 4.98 Å². The molecule has 19 heavy (non-hydrogen) atoms. The standard InChI is InChI=1S/C15H17N3O/c1-10-8-9-13(11(2)17-10)18-15(19)14(16)12-6-4-3-5-7-12/h3-9,14H,16H2,1-2H3,(H,18,19)/t14-/m1/s1. The van der Waals surface area contributed by atoms with Crippen LogP contribution in [0.3, 0.4) is 0 Å². The average molecular weight is 255 g/mol. The Morgan fingerprint density at radius 2 is 1.84 bits per heavy atom. The molecule has 0 aliphatic rings. The maximum Gasteiger partial charge on any atom is 0.245 e. The second kappa shape index (κ2) is 5.63. The van der Waals surface area contributed by atoms with Gasteiger partial charge in [-0.2, -0.15) is 0 Å². The summed E-state index contributed by atoms with van der Waals surface area (Å²) in [5.41, 5.74) is 9.12. The Morgan fingerprint density at radius 3 is 2.47 bits per heavy atom. The monoisotopic (exact) mass is 255 g/mol. The van der Waals surface area contributed by atoms with Crippen molar-refractivity contribution in [3.05, 3.63) is 59.4 Å². The van der Waals surface area contributed by atoms with Crippen molar-refractivity contribution < 1.29 is 4.79 Å². The molecule has 2 aromatic rings. The van der Waals surface area contributed by atoms with Crippen molar-refractivity contribution in [2.24, 2.45) is 5.73 Å². The Hall–Kier alpha value is -2.20. The number of rotatable bonds is 3. The zero-order valence-corrected chi connectivity index (χ0v) is 11.1. The van der Waals surface area contributed by atoms with Gasteiger partial charge < -0.3 is 11.1 Å². The molecule has 1 heterocycles. The first-order valence-corrected chi connectivity index (χ1v) is 6.13. The molecule has 1 aromatic heterocycles. The number of aromatic nitrogens is 1. The van der Waals surface area contributed by atoms with Crippen LogP contribution in [-0.2, 0) is 4.79 Å². The van der Waals surface area contributed by atoms with Crippen LogP contribution in [0.2, 0.25) is 0 Å². The lowest BCUT2D eigenvalue weighted by molar-refractivity contribution is -0.117. The number of carbonyl (C=O) groups is 1. The van der Waals surface area contributed by atoms with Gasteiger partial charge in [-0.25, -0.2) is 0 Å². The number of aryl methyl sites for hydroxylation is 2. The largest absolute Gasteiger partial charge is 0.323 e. The molecular formula is C15H17N3O. The third-order valence-corrected chi connectivity index (χ3v) is 2.92. The molecule has 1 amide bonds. The van der Waals surface area contributed by atoms with Gasteiger partial charge in [0.1, 0.15) is 6.04 Å². The number of nitrogens with zero attached hydrogens (tertiary/aromatic N) is 1. The smallest absolute Gasteiger partial charge is 0.245 e. The molecule has 0 unspecified atom stereocenters. The Kier molecular flexibility index (Phi) is 3.92. The Labute approximate surface area is 112 Å². The highest BCUT2D eigenvalue weighted by Gasteiger charge is 2.16. The third kappa shape index (κ3) is 3.17. The van der Waals surface area contributed by atoms with Gasteiger partial charge in [0.25, 0.3) is 0 Å². The average Bonchev–Trinajstić information content (AvgIpc) is 2.42. The zero-order valence-electron chi connectivity index (χ0n) is 11.1. The van der Waals surface area contributed by atoms with Gasteiger partial charge in [-0.05, 0) is 31.5 Å². The molecule has 4 heteroatoms. The summed E-state index contributed by atoms with van der Waals surface area (Å²) >= 11 is 0. The van der Waals surface area contributed by atoms with Gasteiger partial charge in [-0.15, -0.1) is 0 Å². The van der Waals surface area contributed by atoms with Gasteiger partial charge in [0.05, 0.1) is 11.4 Å². The number of benzene rings is 1. The van der Waals surface area contributed by atoms with Crippen LogP contribution in [-0.4, -0.2) is 10.9 Å². The highest BCUT2D eigenvalue weighted by atomic mass is 16.2. The molecule has 0 bridgehead atoms. The van der Waals surface area contributed by atoms with E-state index in [1.807, 2.05) is 56.3 Å². The first kappa shape index (κ1) is 13.2. The van der Waals surface area contributed by atoms with Crippen molar-refractivity contribution in [2.75, 3.05) is 5.32 Å². The van der Waals surface area contributed by atoms with E-state index in [1.165, 1.54) is 0 Å². The van der Waals surface area contributed by atoms with E-state index in [0.29, 0.717) is 5.69 Å². The molecule has 4 nitrogen and oxygen atoms in total. The van der Waals surface area contributed by atoms with Gasteiger partial charge in [0, 0.05) is 5.69 Å². The molecule has 0 spiro atoms. The number of anilines is 1. The van der Waals surface area contributed by atoms with Crippen LogP contribution in [0, 0.1) is 13.8 Å². The minimum atomic E-state index is -0.679. The molecule has 0 aliphatic carbocycles. The summed E-state index contributed by atoms with van der Waals surface area (Å²) in [5.74, 6) is -0.236. The van der Waals surface area contributed by atoms with Gasteiger partial charge in [-0.1, -0.05) is 30.3 Å². The fourth-order valence-electron chi connectivity index (χ4n) is 1.84. The summed E-state index contributed by atoms with van der Waals surface area (Å²) in [5, 5.41) is 2.81. The first-order chi connectivity index (χ1) is 9.08. The van der Waals surface area contributed by atoms with Crippen LogP contribution >= 0.6 is 0 Å². The number of nitrogens with two attached hydrogens (primary N) is 1. The minimum absolute atomic E-state index is 0.236. The molecule has 0 radical (unpaired) electrons. The normalized spacial score (nSPS) is 11.9. The number of nitrogens with one attached hydrogen (secondary N) is 1. The van der Waals surface area contributed by atoms with E-state index < -0.39 is 6.04 Å². The van der Waals surface area contributed by atoms with Crippen molar-refractivity contribution >= 4 is 11.6 Å². The highest BCUT2D eigenvalue weighted by molar-refractivity contribution is 5.95. The number of pyridine rings is 1. The maximum absolute atomic E-state index is 12.1. The van der Waals surface area contributed by atoms with Crippen molar-refractivity contribution in [2.45, 2.75) is 19.9 Å². The Balaban J connectivity index is 2.13. The maximum atomic E-state index is 12.1. The number of carbonyl (C=O) groups excluding carboxylic acids is 1. The Morgan fingerprint density at radius 1 is 1.16 bits per heavy atom. The summed E-state index contributed by atoms with van der Waals surface area (Å²) in [4.78, 5) is 16.4. The summed E-state index contributed by atoms with van der Waals surface area (Å²) < 4.78 is 0. The summed E-state index contributed by atoms with van der Waals surface area (Å²) in [6.45, 7) is 3.77. The molecule has 0 fully saturated rings. The molecule has 3 N–H and O–H groups in total. The van der Waals surface area contributed by atoms with Crippen LogP contribution in [0.5, 0.6) is 0 Å². The lowest BCUT2D eigenvalue weighted by Gasteiger charge is -2.13. The molecule has 1 atom stereocenters. The fourth-order valence-corrected chi connectivity index (χ4v) is 1.84. The van der Waals surface area contributed by atoms with E-state index in [1.54, 1.807) is 0 Å². The number of hydrogen-bond donors (Lipinski definition) is 2. The van der Waals surface area contributed by atoms with Crippen molar-refractivity contribution in [3.8, 4) is 0 Å². The Bertz CT molecular complexity index is 581. The summed E-state index contributed by atoms with van der Waals surface area (Å²) in [6.07, 6.45) is 0. The van der Waals surface area contributed by atoms with E-state index in [0.717, 1.165) is 17.0 Å². The van der Waals surface area contributed by atoms with E-state index >= 15 is 0 Å². The minimum Gasteiger partial charge on any atom is -0.323 e. The topological polar surface area (TPSA) is 68.0 Å². The van der Waals surface area contributed by atoms with Crippen LogP contribution in [0.1, 0.15) is 23.0 Å². The van der Waals surface area contributed by atoms with Crippen LogP contribution in [0.4, 0.5) is 5.69 Å². The number of hydrogen-bond acceptors (Lipinski definition) is 3. The molecular weight excluding hydrogens is 238 g/mol. The van der Waals surface area contributed by atoms with Crippen LogP contribution in [0.25, 0.3) is 0 Å². The van der Waals surface area contributed by atoms with Crippen LogP contribution < -0.4 is 11.1 Å². The SMILES string of the molecule is Cc1ccc(NC(=O)[C@H](N)c2ccccc2)c(C)n1. The lowest BCUT2D eigenvalue weighted by atomic mass is 10.1. The summed E-state index contributed by atoms with van der Waals surface area (Å²) in [6, 6.07) is 12.3. The second-order valence-electron chi connectivity index (χ2n) is 4.46. The van der Waals surface area contributed by atoms with E-state index in [9.17, 15) is 4.79 Å². The molecule has 2 rings (SSSR count). The molecule has 1 aromatic carbocycles. The molecule has 98 valence electrons. The summed E-state index contributed by atoms with van der Waals surface area (Å²) in [7, 11) is 0. The lowest BCUT2D eigenvalue weighted by Crippen LogP contribution is -2.28. The van der Waals surface area contributed by atoms with E-state index in [2.05, 4.69) is 10.3 Å². The van der Waals surface area contributed by atoms with Gasteiger partial charge >= 0.3 is 0 Å². The molecule has 0 aliphatic heterocycles. The van der Waals surface area contributed by atoms with Crippen molar-refractivity contribution in [1.29, 1.82) is 0 Å². The first-order valence-electron chi connectivity index (χ1n) is 6.13. The zero-order chi connectivity index (χ0) is 13.8. The molecule has 0 saturated heterocycles. The quantitative estimate of drug-likeness (QED) is 0.884.